The Balaban J connectivity index is 1.57. The average Bonchev–Trinajstić information content (AvgIpc) is 3.38. The van der Waals surface area contributed by atoms with Gasteiger partial charge in [0.05, 0.1) is 12.9 Å². The molecule has 0 amide bonds. The van der Waals surface area contributed by atoms with E-state index in [4.69, 9.17) is 4.74 Å². The summed E-state index contributed by atoms with van der Waals surface area (Å²) >= 11 is 0. The summed E-state index contributed by atoms with van der Waals surface area (Å²) < 4.78 is 7.18. The van der Waals surface area contributed by atoms with E-state index in [1.165, 1.54) is 18.2 Å². The van der Waals surface area contributed by atoms with E-state index in [-0.39, 0.29) is 6.61 Å². The van der Waals surface area contributed by atoms with Crippen molar-refractivity contribution in [1.82, 2.24) is 19.5 Å². The number of nitrogens with zero attached hydrogens (tertiary/aromatic N) is 5. The van der Waals surface area contributed by atoms with Gasteiger partial charge in [0, 0.05) is 12.2 Å². The number of hydrogen-bond donors (Lipinski definition) is 3. The maximum Gasteiger partial charge on any atom is 0.167 e. The zero-order valence-electron chi connectivity index (χ0n) is 14.4. The molecule has 3 N–H and O–H groups in total. The topological polar surface area (TPSA) is 117 Å². The standard InChI is InChI=1S/C18H19N5O4/c24-7-12-14(25)15(26)18(27-12)23-9-21-13-16(19-8-20-17(13)23)22-6-5-10-3-1-2-4-11(10)22/h1-4,8-9,12,14-15,18,24-26H,5-7H2/t12-,14-,15-,18?/m1/s1. The van der Waals surface area contributed by atoms with E-state index in [1.54, 1.807) is 4.57 Å². The molecule has 1 unspecified atom stereocenters. The normalized spacial score (nSPS) is 27.4. The molecule has 3 aromatic rings. The second-order valence-corrected chi connectivity index (χ2v) is 6.78. The van der Waals surface area contributed by atoms with Gasteiger partial charge in [-0.15, -0.1) is 0 Å². The van der Waals surface area contributed by atoms with Crippen molar-refractivity contribution in [3.8, 4) is 0 Å². The highest BCUT2D eigenvalue weighted by atomic mass is 16.6. The van der Waals surface area contributed by atoms with Crippen molar-refractivity contribution in [3.63, 3.8) is 0 Å². The number of imidazole rings is 1. The number of aliphatic hydroxyl groups excluding tert-OH is 3. The van der Waals surface area contributed by atoms with Gasteiger partial charge in [-0.25, -0.2) is 15.0 Å². The van der Waals surface area contributed by atoms with E-state index in [0.717, 1.165) is 18.7 Å². The molecule has 1 saturated heterocycles. The molecule has 9 nitrogen and oxygen atoms in total. The Morgan fingerprint density at radius 1 is 1.11 bits per heavy atom. The van der Waals surface area contributed by atoms with Gasteiger partial charge in [-0.3, -0.25) is 4.57 Å². The number of benzene rings is 1. The second-order valence-electron chi connectivity index (χ2n) is 6.78. The third-order valence-electron chi connectivity index (χ3n) is 5.27. The van der Waals surface area contributed by atoms with Crippen LogP contribution in [0.25, 0.3) is 11.2 Å². The van der Waals surface area contributed by atoms with Gasteiger partial charge in [-0.1, -0.05) is 18.2 Å². The molecule has 0 spiro atoms. The molecule has 9 heteroatoms. The van der Waals surface area contributed by atoms with Crippen molar-refractivity contribution in [2.45, 2.75) is 31.0 Å². The summed E-state index contributed by atoms with van der Waals surface area (Å²) in [6.07, 6.45) is -0.194. The molecule has 2 aliphatic heterocycles. The molecule has 1 aromatic carbocycles. The number of hydrogen-bond acceptors (Lipinski definition) is 8. The molecular weight excluding hydrogens is 350 g/mol. The van der Waals surface area contributed by atoms with Gasteiger partial charge >= 0.3 is 0 Å². The lowest BCUT2D eigenvalue weighted by molar-refractivity contribution is -0.0511. The van der Waals surface area contributed by atoms with Crippen molar-refractivity contribution in [2.24, 2.45) is 0 Å². The molecule has 0 radical (unpaired) electrons. The fourth-order valence-electron chi connectivity index (χ4n) is 3.89. The minimum absolute atomic E-state index is 0.383. The molecule has 140 valence electrons. The van der Waals surface area contributed by atoms with Crippen molar-refractivity contribution in [1.29, 1.82) is 0 Å². The summed E-state index contributed by atoms with van der Waals surface area (Å²) in [5.41, 5.74) is 3.44. The molecule has 0 aliphatic carbocycles. The van der Waals surface area contributed by atoms with Crippen molar-refractivity contribution >= 4 is 22.7 Å². The van der Waals surface area contributed by atoms with Crippen LogP contribution in [0.15, 0.2) is 36.9 Å². The minimum atomic E-state index is -1.19. The number of aliphatic hydroxyl groups is 3. The fraction of sp³-hybridized carbons (Fsp3) is 0.389. The first-order chi connectivity index (χ1) is 13.2. The first-order valence-corrected chi connectivity index (χ1v) is 8.84. The van der Waals surface area contributed by atoms with Crippen LogP contribution in [0, 0.1) is 0 Å². The van der Waals surface area contributed by atoms with E-state index in [2.05, 4.69) is 32.0 Å². The van der Waals surface area contributed by atoms with Gasteiger partial charge in [0.2, 0.25) is 0 Å². The Labute approximate surface area is 154 Å². The molecule has 5 rings (SSSR count). The monoisotopic (exact) mass is 369 g/mol. The average molecular weight is 369 g/mol. The van der Waals surface area contributed by atoms with E-state index in [1.807, 2.05) is 12.1 Å². The maximum atomic E-state index is 10.3. The lowest BCUT2D eigenvalue weighted by Crippen LogP contribution is -2.33. The number of ether oxygens (including phenoxy) is 1. The summed E-state index contributed by atoms with van der Waals surface area (Å²) in [7, 11) is 0. The zero-order chi connectivity index (χ0) is 18.5. The van der Waals surface area contributed by atoms with Crippen molar-refractivity contribution in [3.05, 3.63) is 42.5 Å². The van der Waals surface area contributed by atoms with Crippen molar-refractivity contribution < 1.29 is 20.1 Å². The Hall–Kier alpha value is -2.59. The first kappa shape index (κ1) is 16.6. The largest absolute Gasteiger partial charge is 0.394 e. The molecule has 4 heterocycles. The van der Waals surface area contributed by atoms with Crippen LogP contribution in [0.5, 0.6) is 0 Å². The Kier molecular flexibility index (Phi) is 3.83. The zero-order valence-corrected chi connectivity index (χ0v) is 14.4. The second kappa shape index (κ2) is 6.24. The third kappa shape index (κ3) is 2.43. The van der Waals surface area contributed by atoms with E-state index < -0.39 is 24.5 Å². The molecule has 1 fully saturated rings. The van der Waals surface area contributed by atoms with E-state index in [0.29, 0.717) is 17.0 Å². The molecule has 27 heavy (non-hydrogen) atoms. The summed E-state index contributed by atoms with van der Waals surface area (Å²) in [6, 6.07) is 8.17. The fourth-order valence-corrected chi connectivity index (χ4v) is 3.89. The lowest BCUT2D eigenvalue weighted by Gasteiger charge is -2.19. The van der Waals surface area contributed by atoms with E-state index in [9.17, 15) is 15.3 Å². The van der Waals surface area contributed by atoms with Crippen LogP contribution in [0.4, 0.5) is 11.5 Å². The van der Waals surface area contributed by atoms with Gasteiger partial charge in [-0.05, 0) is 18.1 Å². The number of para-hydroxylation sites is 1. The van der Waals surface area contributed by atoms with Gasteiger partial charge in [-0.2, -0.15) is 0 Å². The molecule has 2 aromatic heterocycles. The number of rotatable bonds is 3. The van der Waals surface area contributed by atoms with Crippen LogP contribution >= 0.6 is 0 Å². The Bertz CT molecular complexity index is 993. The van der Waals surface area contributed by atoms with Crippen LogP contribution in [0.3, 0.4) is 0 Å². The summed E-state index contributed by atoms with van der Waals surface area (Å²) in [5.74, 6) is 0.690. The van der Waals surface area contributed by atoms with Gasteiger partial charge in [0.1, 0.15) is 24.6 Å². The number of anilines is 2. The minimum Gasteiger partial charge on any atom is -0.394 e. The van der Waals surface area contributed by atoms with Crippen LogP contribution in [-0.4, -0.2) is 66.3 Å². The predicted molar refractivity (Wildman–Crippen MR) is 95.5 cm³/mol. The predicted octanol–water partition coefficient (Wildman–Crippen LogP) is 0.132. The molecule has 4 atom stereocenters. The quantitative estimate of drug-likeness (QED) is 0.597. The first-order valence-electron chi connectivity index (χ1n) is 8.84. The summed E-state index contributed by atoms with van der Waals surface area (Å²) in [4.78, 5) is 15.3. The molecule has 0 bridgehead atoms. The summed E-state index contributed by atoms with van der Waals surface area (Å²) in [6.45, 7) is 0.415. The highest BCUT2D eigenvalue weighted by Gasteiger charge is 2.44. The molecule has 2 aliphatic rings. The van der Waals surface area contributed by atoms with Crippen molar-refractivity contribution in [2.75, 3.05) is 18.1 Å². The molecule has 0 saturated carbocycles. The van der Waals surface area contributed by atoms with Gasteiger partial charge in [0.15, 0.2) is 23.2 Å². The SMILES string of the molecule is OC[C@H]1OC(n2cnc3c(N4CCc5ccccc54)ncnc32)[C@H](O)[C@@H]1O. The lowest BCUT2D eigenvalue weighted by atomic mass is 10.1. The Morgan fingerprint density at radius 3 is 2.78 bits per heavy atom. The van der Waals surface area contributed by atoms with Crippen LogP contribution in [0.1, 0.15) is 11.8 Å². The van der Waals surface area contributed by atoms with Crippen LogP contribution < -0.4 is 4.90 Å². The number of fused-ring (bicyclic) bond motifs is 2. The smallest absolute Gasteiger partial charge is 0.167 e. The summed E-state index contributed by atoms with van der Waals surface area (Å²) in [5, 5.41) is 29.6. The highest BCUT2D eigenvalue weighted by molar-refractivity contribution is 5.87. The van der Waals surface area contributed by atoms with Gasteiger partial charge in [0.25, 0.3) is 0 Å². The molecular formula is C18H19N5O4. The van der Waals surface area contributed by atoms with Crippen LogP contribution in [-0.2, 0) is 11.2 Å². The van der Waals surface area contributed by atoms with Crippen LogP contribution in [0.2, 0.25) is 0 Å². The maximum absolute atomic E-state index is 10.3. The number of aromatic nitrogens is 4. The third-order valence-corrected chi connectivity index (χ3v) is 5.27. The Morgan fingerprint density at radius 2 is 1.96 bits per heavy atom. The van der Waals surface area contributed by atoms with E-state index >= 15 is 0 Å². The highest BCUT2D eigenvalue weighted by Crippen LogP contribution is 2.37. The van der Waals surface area contributed by atoms with Gasteiger partial charge < -0.3 is 25.0 Å².